The summed E-state index contributed by atoms with van der Waals surface area (Å²) in [7, 11) is 0.421. The predicted octanol–water partition coefficient (Wildman–Crippen LogP) is 2.33. The summed E-state index contributed by atoms with van der Waals surface area (Å²) in [6.45, 7) is 0. The number of hydrogen-bond donors (Lipinski definition) is 0. The van der Waals surface area contributed by atoms with Gasteiger partial charge in [-0.1, -0.05) is 47.2 Å². The van der Waals surface area contributed by atoms with Gasteiger partial charge in [-0.3, -0.25) is 0 Å². The van der Waals surface area contributed by atoms with Crippen LogP contribution >= 0.6 is 0 Å². The van der Waals surface area contributed by atoms with Crippen LogP contribution < -0.4 is 0 Å². The van der Waals surface area contributed by atoms with Gasteiger partial charge >= 0.3 is 0 Å². The number of rotatable bonds is 0. The van der Waals surface area contributed by atoms with Gasteiger partial charge in [0.05, 0.1) is 0 Å². The van der Waals surface area contributed by atoms with Gasteiger partial charge in [-0.25, -0.2) is 0 Å². The zero-order valence-electron chi connectivity index (χ0n) is 7.33. The summed E-state index contributed by atoms with van der Waals surface area (Å²) in [4.78, 5) is 0. The average molecular weight is 182 g/mol. The lowest BCUT2D eigenvalue weighted by molar-refractivity contribution is 1.30. The summed E-state index contributed by atoms with van der Waals surface area (Å²) in [5.74, 6) is 0. The molecule has 0 nitrogen and oxygen atoms in total. The Kier molecular flexibility index (Phi) is 1.46. The standard InChI is InChI=1S/C12H10Si/c1-2-5-10-9(4-1)8-12-11(10)6-3-7-13-12/h1-7,13H,8H2. The van der Waals surface area contributed by atoms with E-state index in [1.807, 2.05) is 0 Å². The molecule has 0 N–H and O–H groups in total. The van der Waals surface area contributed by atoms with Crippen LogP contribution in [0.25, 0.3) is 11.1 Å². The van der Waals surface area contributed by atoms with Crippen molar-refractivity contribution >= 4 is 9.12 Å². The van der Waals surface area contributed by atoms with Gasteiger partial charge in [-0.15, -0.1) is 0 Å². The molecule has 13 heavy (non-hydrogen) atoms. The molecule has 1 aromatic heterocycles. The van der Waals surface area contributed by atoms with E-state index in [2.05, 4.69) is 42.1 Å². The Morgan fingerprint density at radius 2 is 1.77 bits per heavy atom. The van der Waals surface area contributed by atoms with Crippen LogP contribution in [0.2, 0.25) is 0 Å². The van der Waals surface area contributed by atoms with Crippen LogP contribution in [0, 0.1) is 0 Å². The first-order valence-electron chi connectivity index (χ1n) is 4.61. The van der Waals surface area contributed by atoms with E-state index in [0.717, 1.165) is 0 Å². The Hall–Kier alpha value is -1.21. The quantitative estimate of drug-likeness (QED) is 0.468. The van der Waals surface area contributed by atoms with Crippen molar-refractivity contribution in [1.82, 2.24) is 0 Å². The van der Waals surface area contributed by atoms with E-state index < -0.39 is 0 Å². The second-order valence-electron chi connectivity index (χ2n) is 3.49. The number of fused-ring (bicyclic) bond motifs is 3. The molecule has 0 radical (unpaired) electrons. The highest BCUT2D eigenvalue weighted by molar-refractivity contribution is 6.33. The fraction of sp³-hybridized carbons (Fsp3) is 0.0833. The fourth-order valence-corrected chi connectivity index (χ4v) is 3.30. The molecule has 0 saturated carbocycles. The van der Waals surface area contributed by atoms with Crippen LogP contribution in [0.1, 0.15) is 10.7 Å². The molecule has 0 unspecified atom stereocenters. The van der Waals surface area contributed by atoms with E-state index in [9.17, 15) is 0 Å². The normalized spacial score (nSPS) is 12.3. The van der Waals surface area contributed by atoms with Crippen LogP contribution in [0.15, 0.2) is 42.1 Å². The van der Waals surface area contributed by atoms with E-state index in [0.29, 0.717) is 9.12 Å². The molecule has 0 fully saturated rings. The van der Waals surface area contributed by atoms with Gasteiger partial charge in [-0.2, -0.15) is 0 Å². The molecule has 1 aromatic carbocycles. The molecule has 3 rings (SSSR count). The number of hydrogen-bond acceptors (Lipinski definition) is 0. The molecule has 0 amide bonds. The molecule has 1 heteroatoms. The topological polar surface area (TPSA) is 0 Å². The molecular weight excluding hydrogens is 172 g/mol. The minimum absolute atomic E-state index is 0.421. The Morgan fingerprint density at radius 3 is 2.77 bits per heavy atom. The van der Waals surface area contributed by atoms with E-state index in [4.69, 9.17) is 0 Å². The van der Waals surface area contributed by atoms with Crippen LogP contribution in [0.5, 0.6) is 0 Å². The monoisotopic (exact) mass is 182 g/mol. The Morgan fingerprint density at radius 1 is 0.923 bits per heavy atom. The molecular formula is C12H10Si. The third-order valence-corrected chi connectivity index (χ3v) is 4.04. The zero-order chi connectivity index (χ0) is 8.67. The Labute approximate surface area is 80.0 Å². The lowest BCUT2D eigenvalue weighted by atomic mass is 10.1. The maximum Gasteiger partial charge on any atom is 0.0252 e. The molecule has 0 bridgehead atoms. The van der Waals surface area contributed by atoms with E-state index in [1.54, 1.807) is 5.17 Å². The molecule has 1 aliphatic carbocycles. The molecule has 2 aromatic rings. The summed E-state index contributed by atoms with van der Waals surface area (Å²) in [6.07, 6.45) is 1.20. The summed E-state index contributed by atoms with van der Waals surface area (Å²) < 4.78 is 0. The van der Waals surface area contributed by atoms with Crippen LogP contribution in [0.3, 0.4) is 0 Å². The molecule has 1 aliphatic rings. The maximum absolute atomic E-state index is 2.32. The van der Waals surface area contributed by atoms with Gasteiger partial charge in [0.2, 0.25) is 0 Å². The summed E-state index contributed by atoms with van der Waals surface area (Å²) >= 11 is 0. The van der Waals surface area contributed by atoms with E-state index in [-0.39, 0.29) is 0 Å². The van der Waals surface area contributed by atoms with Gasteiger partial charge < -0.3 is 0 Å². The van der Waals surface area contributed by atoms with Crippen LogP contribution in [-0.2, 0) is 6.42 Å². The number of benzene rings is 1. The molecule has 0 atom stereocenters. The minimum Gasteiger partial charge on any atom is -0.0802 e. The molecule has 1 heterocycles. The van der Waals surface area contributed by atoms with Crippen molar-refractivity contribution in [3.63, 3.8) is 0 Å². The average Bonchev–Trinajstić information content (AvgIpc) is 2.56. The third-order valence-electron chi connectivity index (χ3n) is 2.71. The fourth-order valence-electron chi connectivity index (χ4n) is 2.08. The van der Waals surface area contributed by atoms with Crippen LogP contribution in [0.4, 0.5) is 0 Å². The smallest absolute Gasteiger partial charge is 0.0252 e. The highest BCUT2D eigenvalue weighted by Gasteiger charge is 2.15. The van der Waals surface area contributed by atoms with Crippen molar-refractivity contribution in [2.45, 2.75) is 6.42 Å². The minimum atomic E-state index is 0.421. The van der Waals surface area contributed by atoms with Crippen molar-refractivity contribution in [1.29, 1.82) is 0 Å². The van der Waals surface area contributed by atoms with E-state index >= 15 is 0 Å². The molecule has 0 saturated heterocycles. The van der Waals surface area contributed by atoms with Crippen LogP contribution in [-0.4, -0.2) is 9.12 Å². The van der Waals surface area contributed by atoms with Crippen molar-refractivity contribution in [2.24, 2.45) is 0 Å². The molecule has 62 valence electrons. The van der Waals surface area contributed by atoms with Gasteiger partial charge in [0.1, 0.15) is 0 Å². The summed E-state index contributed by atoms with van der Waals surface area (Å²) in [5, 5.41) is 1.67. The molecule has 0 spiro atoms. The third kappa shape index (κ3) is 1.01. The van der Waals surface area contributed by atoms with Gasteiger partial charge in [0.25, 0.3) is 0 Å². The van der Waals surface area contributed by atoms with Crippen molar-refractivity contribution in [2.75, 3.05) is 0 Å². The second-order valence-corrected chi connectivity index (χ2v) is 4.91. The predicted molar refractivity (Wildman–Crippen MR) is 57.4 cm³/mol. The Balaban J connectivity index is 2.32. The summed E-state index contributed by atoms with van der Waals surface area (Å²) in [6, 6.07) is 13.2. The van der Waals surface area contributed by atoms with Gasteiger partial charge in [0.15, 0.2) is 0 Å². The second kappa shape index (κ2) is 2.64. The lowest BCUT2D eigenvalue weighted by Crippen LogP contribution is -1.84. The Bertz CT molecular complexity index is 417. The first-order valence-corrected chi connectivity index (χ1v) is 5.86. The largest absolute Gasteiger partial charge is 0.0802 e. The zero-order valence-corrected chi connectivity index (χ0v) is 8.48. The van der Waals surface area contributed by atoms with Gasteiger partial charge in [-0.05, 0) is 23.1 Å². The highest BCUT2D eigenvalue weighted by Crippen LogP contribution is 2.34. The highest BCUT2D eigenvalue weighted by atomic mass is 28.2. The summed E-state index contributed by atoms with van der Waals surface area (Å²) in [5.41, 5.74) is 6.81. The SMILES string of the molecule is c1ccc2c(c1)Cc1[siH]cccc1-2. The lowest BCUT2D eigenvalue weighted by Gasteiger charge is -1.98. The van der Waals surface area contributed by atoms with Gasteiger partial charge in [0, 0.05) is 9.12 Å². The van der Waals surface area contributed by atoms with Crippen molar-refractivity contribution in [3.05, 3.63) is 52.8 Å². The molecule has 0 aliphatic heterocycles. The first-order chi connectivity index (χ1) is 6.45. The van der Waals surface area contributed by atoms with Crippen molar-refractivity contribution < 1.29 is 0 Å². The van der Waals surface area contributed by atoms with E-state index in [1.165, 1.54) is 23.1 Å². The van der Waals surface area contributed by atoms with Crippen molar-refractivity contribution in [3.8, 4) is 11.1 Å². The first kappa shape index (κ1) is 7.22. The maximum atomic E-state index is 2.32.